The van der Waals surface area contributed by atoms with Crippen molar-refractivity contribution in [2.45, 2.75) is 45.1 Å². The van der Waals surface area contributed by atoms with Crippen molar-refractivity contribution in [1.82, 2.24) is 10.6 Å². The fourth-order valence-electron chi connectivity index (χ4n) is 1.82. The van der Waals surface area contributed by atoms with E-state index in [1.165, 1.54) is 32.1 Å². The molecule has 0 atom stereocenters. The molecular formula is C10H20N2O. The maximum absolute atomic E-state index is 10.6. The van der Waals surface area contributed by atoms with E-state index in [0.717, 1.165) is 13.1 Å². The van der Waals surface area contributed by atoms with Gasteiger partial charge >= 0.3 is 0 Å². The third-order valence-electron chi connectivity index (χ3n) is 2.54. The summed E-state index contributed by atoms with van der Waals surface area (Å²) in [5.41, 5.74) is 0. The van der Waals surface area contributed by atoms with Crippen LogP contribution >= 0.6 is 0 Å². The standard InChI is InChI=1S/C10H20N2O/c1-9(13)11-7-8-12-10-5-3-2-4-6-10/h10,12H,2-8H2,1H3,(H,11,13). The lowest BCUT2D eigenvalue weighted by atomic mass is 9.95. The zero-order valence-corrected chi connectivity index (χ0v) is 8.44. The zero-order chi connectivity index (χ0) is 9.52. The number of hydrogen-bond donors (Lipinski definition) is 2. The van der Waals surface area contributed by atoms with Crippen LogP contribution in [0.25, 0.3) is 0 Å². The van der Waals surface area contributed by atoms with Crippen molar-refractivity contribution in [3.63, 3.8) is 0 Å². The highest BCUT2D eigenvalue weighted by atomic mass is 16.1. The van der Waals surface area contributed by atoms with Crippen molar-refractivity contribution in [3.05, 3.63) is 0 Å². The van der Waals surface area contributed by atoms with Gasteiger partial charge in [0.15, 0.2) is 0 Å². The van der Waals surface area contributed by atoms with Gasteiger partial charge in [-0.15, -0.1) is 0 Å². The van der Waals surface area contributed by atoms with Gasteiger partial charge in [-0.2, -0.15) is 0 Å². The molecule has 13 heavy (non-hydrogen) atoms. The Morgan fingerprint density at radius 2 is 1.92 bits per heavy atom. The quantitative estimate of drug-likeness (QED) is 0.641. The van der Waals surface area contributed by atoms with Gasteiger partial charge in [0.2, 0.25) is 5.91 Å². The lowest BCUT2D eigenvalue weighted by molar-refractivity contribution is -0.118. The van der Waals surface area contributed by atoms with E-state index in [9.17, 15) is 4.79 Å². The van der Waals surface area contributed by atoms with Crippen molar-refractivity contribution < 1.29 is 4.79 Å². The molecule has 0 aliphatic heterocycles. The minimum absolute atomic E-state index is 0.0606. The number of hydrogen-bond acceptors (Lipinski definition) is 2. The van der Waals surface area contributed by atoms with Gasteiger partial charge in [0.25, 0.3) is 0 Å². The molecule has 1 saturated carbocycles. The lowest BCUT2D eigenvalue weighted by Gasteiger charge is -2.22. The third kappa shape index (κ3) is 4.88. The topological polar surface area (TPSA) is 41.1 Å². The van der Waals surface area contributed by atoms with Gasteiger partial charge in [0.05, 0.1) is 0 Å². The Kier molecular flexibility index (Phi) is 4.83. The number of carbonyl (C=O) groups excluding carboxylic acids is 1. The molecule has 1 rings (SSSR count). The van der Waals surface area contributed by atoms with Crippen molar-refractivity contribution in [3.8, 4) is 0 Å². The van der Waals surface area contributed by atoms with E-state index in [-0.39, 0.29) is 5.91 Å². The summed E-state index contributed by atoms with van der Waals surface area (Å²) in [6, 6.07) is 0.697. The third-order valence-corrected chi connectivity index (χ3v) is 2.54. The molecular weight excluding hydrogens is 164 g/mol. The monoisotopic (exact) mass is 184 g/mol. The molecule has 1 amide bonds. The Hall–Kier alpha value is -0.570. The summed E-state index contributed by atoms with van der Waals surface area (Å²) in [7, 11) is 0. The van der Waals surface area contributed by atoms with Crippen LogP contribution in [0.1, 0.15) is 39.0 Å². The summed E-state index contributed by atoms with van der Waals surface area (Å²) < 4.78 is 0. The number of carbonyl (C=O) groups is 1. The fourth-order valence-corrected chi connectivity index (χ4v) is 1.82. The molecule has 0 heterocycles. The van der Waals surface area contributed by atoms with E-state index >= 15 is 0 Å². The molecule has 0 aromatic carbocycles. The van der Waals surface area contributed by atoms with Crippen molar-refractivity contribution in [2.75, 3.05) is 13.1 Å². The second-order valence-corrected chi connectivity index (χ2v) is 3.77. The van der Waals surface area contributed by atoms with Gasteiger partial charge in [0.1, 0.15) is 0 Å². The summed E-state index contributed by atoms with van der Waals surface area (Å²) in [4.78, 5) is 10.6. The van der Waals surface area contributed by atoms with Crippen molar-refractivity contribution in [1.29, 1.82) is 0 Å². The summed E-state index contributed by atoms with van der Waals surface area (Å²) in [6.45, 7) is 3.22. The van der Waals surface area contributed by atoms with E-state index in [1.807, 2.05) is 0 Å². The van der Waals surface area contributed by atoms with Crippen LogP contribution in [0.3, 0.4) is 0 Å². The molecule has 3 heteroatoms. The van der Waals surface area contributed by atoms with E-state index in [2.05, 4.69) is 10.6 Å². The SMILES string of the molecule is CC(=O)NCCNC1CCCCC1. The molecule has 0 unspecified atom stereocenters. The van der Waals surface area contributed by atoms with E-state index in [0.29, 0.717) is 6.04 Å². The predicted molar refractivity (Wildman–Crippen MR) is 53.6 cm³/mol. The average molecular weight is 184 g/mol. The fraction of sp³-hybridized carbons (Fsp3) is 0.900. The first-order chi connectivity index (χ1) is 6.29. The first kappa shape index (κ1) is 10.5. The number of rotatable bonds is 4. The minimum atomic E-state index is 0.0606. The van der Waals surface area contributed by atoms with E-state index in [4.69, 9.17) is 0 Å². The molecule has 0 aromatic heterocycles. The first-order valence-corrected chi connectivity index (χ1v) is 5.27. The molecule has 0 saturated heterocycles. The molecule has 0 radical (unpaired) electrons. The zero-order valence-electron chi connectivity index (χ0n) is 8.44. The molecule has 76 valence electrons. The summed E-state index contributed by atoms with van der Waals surface area (Å²) in [5, 5.41) is 6.25. The smallest absolute Gasteiger partial charge is 0.216 e. The predicted octanol–water partition coefficient (Wildman–Crippen LogP) is 1.04. The molecule has 0 bridgehead atoms. The Labute approximate surface area is 80.3 Å². The minimum Gasteiger partial charge on any atom is -0.355 e. The maximum Gasteiger partial charge on any atom is 0.216 e. The first-order valence-electron chi connectivity index (χ1n) is 5.27. The molecule has 2 N–H and O–H groups in total. The second kappa shape index (κ2) is 5.97. The highest BCUT2D eigenvalue weighted by Gasteiger charge is 2.11. The average Bonchev–Trinajstić information content (AvgIpc) is 2.14. The Morgan fingerprint density at radius 3 is 2.54 bits per heavy atom. The highest BCUT2D eigenvalue weighted by Crippen LogP contribution is 2.16. The molecule has 1 aliphatic rings. The van der Waals surface area contributed by atoms with Gasteiger partial charge in [-0.25, -0.2) is 0 Å². The van der Waals surface area contributed by atoms with Crippen LogP contribution in [-0.4, -0.2) is 25.0 Å². The number of amides is 1. The molecule has 3 nitrogen and oxygen atoms in total. The Balaban J connectivity index is 1.95. The Morgan fingerprint density at radius 1 is 1.23 bits per heavy atom. The highest BCUT2D eigenvalue weighted by molar-refractivity contribution is 5.72. The molecule has 1 aliphatic carbocycles. The van der Waals surface area contributed by atoms with Crippen LogP contribution in [0.4, 0.5) is 0 Å². The number of nitrogens with one attached hydrogen (secondary N) is 2. The van der Waals surface area contributed by atoms with Crippen molar-refractivity contribution >= 4 is 5.91 Å². The normalized spacial score (nSPS) is 18.5. The van der Waals surface area contributed by atoms with Crippen molar-refractivity contribution in [2.24, 2.45) is 0 Å². The van der Waals surface area contributed by atoms with Crippen LogP contribution in [0.5, 0.6) is 0 Å². The molecule has 0 aromatic rings. The van der Waals surface area contributed by atoms with Gasteiger partial charge < -0.3 is 10.6 Å². The largest absolute Gasteiger partial charge is 0.355 e. The van der Waals surface area contributed by atoms with E-state index < -0.39 is 0 Å². The summed E-state index contributed by atoms with van der Waals surface area (Å²) in [5.74, 6) is 0.0606. The van der Waals surface area contributed by atoms with E-state index in [1.54, 1.807) is 6.92 Å². The summed E-state index contributed by atoms with van der Waals surface area (Å²) >= 11 is 0. The lowest BCUT2D eigenvalue weighted by Crippen LogP contribution is -2.37. The molecule has 0 spiro atoms. The van der Waals surface area contributed by atoms with Crippen LogP contribution < -0.4 is 10.6 Å². The molecule has 1 fully saturated rings. The van der Waals surface area contributed by atoms with Crippen LogP contribution in [-0.2, 0) is 4.79 Å². The van der Waals surface area contributed by atoms with Gasteiger partial charge in [0, 0.05) is 26.1 Å². The van der Waals surface area contributed by atoms with Gasteiger partial charge in [-0.05, 0) is 12.8 Å². The van der Waals surface area contributed by atoms with Gasteiger partial charge in [-0.1, -0.05) is 19.3 Å². The van der Waals surface area contributed by atoms with Crippen LogP contribution in [0.2, 0.25) is 0 Å². The van der Waals surface area contributed by atoms with Gasteiger partial charge in [-0.3, -0.25) is 4.79 Å². The maximum atomic E-state index is 10.6. The van der Waals surface area contributed by atoms with Crippen LogP contribution in [0, 0.1) is 0 Å². The second-order valence-electron chi connectivity index (χ2n) is 3.77. The summed E-state index contributed by atoms with van der Waals surface area (Å²) in [6.07, 6.45) is 6.72. The van der Waals surface area contributed by atoms with Crippen LogP contribution in [0.15, 0.2) is 0 Å². The Bertz CT molecular complexity index is 153.